The predicted octanol–water partition coefficient (Wildman–Crippen LogP) is 6.14. The van der Waals surface area contributed by atoms with Crippen LogP contribution in [0.25, 0.3) is 16.9 Å². The molecule has 8 heteroatoms. The summed E-state index contributed by atoms with van der Waals surface area (Å²) in [4.78, 5) is 7.32. The molecule has 0 radical (unpaired) electrons. The van der Waals surface area contributed by atoms with Gasteiger partial charge in [-0.25, -0.2) is 4.98 Å². The van der Waals surface area contributed by atoms with E-state index in [-0.39, 0.29) is 0 Å². The monoisotopic (exact) mass is 539 g/mol. The maximum atomic E-state index is 6.46. The fourth-order valence-electron chi connectivity index (χ4n) is 4.50. The van der Waals surface area contributed by atoms with Gasteiger partial charge >= 0.3 is 0 Å². The van der Waals surface area contributed by atoms with Crippen molar-refractivity contribution in [2.45, 2.75) is 19.4 Å². The number of fused-ring (bicyclic) bond motifs is 1. The molecule has 5 rings (SSSR count). The molecule has 1 N–H and O–H groups in total. The van der Waals surface area contributed by atoms with Gasteiger partial charge in [0.05, 0.1) is 23.5 Å². The normalized spacial score (nSPS) is 15.0. The van der Waals surface area contributed by atoms with E-state index in [4.69, 9.17) is 21.3 Å². The zero-order valence-electron chi connectivity index (χ0n) is 19.0. The lowest BCUT2D eigenvalue weighted by Gasteiger charge is -2.32. The third-order valence-corrected chi connectivity index (χ3v) is 7.29. The molecule has 1 saturated heterocycles. The van der Waals surface area contributed by atoms with E-state index in [0.29, 0.717) is 10.9 Å². The van der Waals surface area contributed by atoms with E-state index in [0.717, 1.165) is 72.0 Å². The van der Waals surface area contributed by atoms with Gasteiger partial charge in [0.15, 0.2) is 5.65 Å². The van der Waals surface area contributed by atoms with Crippen molar-refractivity contribution in [3.05, 3.63) is 75.9 Å². The summed E-state index contributed by atoms with van der Waals surface area (Å²) < 4.78 is 8.07. The van der Waals surface area contributed by atoms with Crippen LogP contribution in [0.15, 0.2) is 65.3 Å². The average Bonchev–Trinajstić information content (AvgIpc) is 3.24. The summed E-state index contributed by atoms with van der Waals surface area (Å²) >= 11 is 10.0. The molecule has 0 bridgehead atoms. The Kier molecular flexibility index (Phi) is 7.04. The van der Waals surface area contributed by atoms with Crippen LogP contribution < -0.4 is 10.1 Å². The van der Waals surface area contributed by atoms with Crippen LogP contribution in [0.3, 0.4) is 0 Å². The Labute approximate surface area is 213 Å². The second kappa shape index (κ2) is 10.3. The van der Waals surface area contributed by atoms with Gasteiger partial charge < -0.3 is 10.1 Å². The second-order valence-corrected chi connectivity index (χ2v) is 9.95. The minimum absolute atomic E-state index is 0.604. The van der Waals surface area contributed by atoms with Crippen molar-refractivity contribution in [3.63, 3.8) is 0 Å². The Balaban J connectivity index is 1.25. The Bertz CT molecular complexity index is 1290. The maximum Gasteiger partial charge on any atom is 0.172 e. The van der Waals surface area contributed by atoms with E-state index in [2.05, 4.69) is 49.4 Å². The summed E-state index contributed by atoms with van der Waals surface area (Å²) in [5, 5.41) is 8.83. The van der Waals surface area contributed by atoms with Crippen molar-refractivity contribution in [2.24, 2.45) is 5.92 Å². The van der Waals surface area contributed by atoms with E-state index >= 15 is 0 Å². The number of hydrogen-bond acceptors (Lipinski definition) is 5. The third kappa shape index (κ3) is 5.06. The summed E-state index contributed by atoms with van der Waals surface area (Å²) in [7, 11) is 1.72. The van der Waals surface area contributed by atoms with Crippen LogP contribution in [-0.4, -0.2) is 46.2 Å². The number of piperidine rings is 1. The number of hydrogen-bond donors (Lipinski definition) is 1. The quantitative estimate of drug-likeness (QED) is 0.305. The number of rotatable bonds is 7. The number of nitrogens with zero attached hydrogens (tertiary/aromatic N) is 4. The number of likely N-dealkylation sites (tertiary alicyclic amines) is 1. The van der Waals surface area contributed by atoms with Crippen molar-refractivity contribution in [1.82, 2.24) is 19.5 Å². The highest BCUT2D eigenvalue weighted by atomic mass is 79.9. The van der Waals surface area contributed by atoms with Crippen LogP contribution in [0.1, 0.15) is 18.4 Å². The van der Waals surface area contributed by atoms with Crippen LogP contribution in [0.5, 0.6) is 5.75 Å². The lowest BCUT2D eigenvalue weighted by atomic mass is 9.96. The van der Waals surface area contributed by atoms with Crippen molar-refractivity contribution < 1.29 is 4.74 Å². The Morgan fingerprint density at radius 2 is 1.94 bits per heavy atom. The molecule has 176 valence electrons. The first-order chi connectivity index (χ1) is 16.6. The molecule has 2 aromatic carbocycles. The SMILES string of the molecule is COc1cccc(CN2CCC(CNc3cc(-c4ccccc4Cl)nc4c(Br)cnn34)CC2)c1. The average molecular weight is 541 g/mol. The van der Waals surface area contributed by atoms with Crippen LogP contribution in [0.2, 0.25) is 5.02 Å². The predicted molar refractivity (Wildman–Crippen MR) is 141 cm³/mol. The van der Waals surface area contributed by atoms with Crippen LogP contribution in [0, 0.1) is 5.92 Å². The standard InChI is InChI=1S/C26H27BrClN5O/c1-34-20-6-4-5-19(13-20)17-32-11-9-18(10-12-32)15-29-25-14-24(21-7-2-3-8-23(21)28)31-26-22(27)16-30-33(25)26/h2-8,13-14,16,18,29H,9-12,15,17H2,1H3. The highest BCUT2D eigenvalue weighted by Crippen LogP contribution is 2.30. The van der Waals surface area contributed by atoms with Gasteiger partial charge in [-0.1, -0.05) is 41.9 Å². The molecule has 0 amide bonds. The molecule has 6 nitrogen and oxygen atoms in total. The first-order valence-electron chi connectivity index (χ1n) is 11.5. The zero-order valence-corrected chi connectivity index (χ0v) is 21.4. The maximum absolute atomic E-state index is 6.46. The first-order valence-corrected chi connectivity index (χ1v) is 12.7. The minimum atomic E-state index is 0.604. The number of nitrogens with one attached hydrogen (secondary N) is 1. The fourth-order valence-corrected chi connectivity index (χ4v) is 5.08. The van der Waals surface area contributed by atoms with Crippen LogP contribution in [-0.2, 0) is 6.54 Å². The second-order valence-electron chi connectivity index (χ2n) is 8.69. The van der Waals surface area contributed by atoms with E-state index in [1.165, 1.54) is 5.56 Å². The molecule has 0 aliphatic carbocycles. The van der Waals surface area contributed by atoms with Gasteiger partial charge in [0.2, 0.25) is 0 Å². The van der Waals surface area contributed by atoms with Gasteiger partial charge in [-0.05, 0) is 71.5 Å². The highest BCUT2D eigenvalue weighted by molar-refractivity contribution is 9.10. The molecule has 0 atom stereocenters. The van der Waals surface area contributed by atoms with E-state index in [9.17, 15) is 0 Å². The molecule has 1 fully saturated rings. The molecular weight excluding hydrogens is 514 g/mol. The fraction of sp³-hybridized carbons (Fsp3) is 0.308. The van der Waals surface area contributed by atoms with E-state index in [1.54, 1.807) is 13.3 Å². The molecule has 0 spiro atoms. The third-order valence-electron chi connectivity index (χ3n) is 6.40. The van der Waals surface area contributed by atoms with Crippen molar-refractivity contribution in [1.29, 1.82) is 0 Å². The summed E-state index contributed by atoms with van der Waals surface area (Å²) in [6, 6.07) is 18.2. The molecule has 3 heterocycles. The van der Waals surface area contributed by atoms with Crippen molar-refractivity contribution >= 4 is 39.0 Å². The van der Waals surface area contributed by atoms with Crippen LogP contribution >= 0.6 is 27.5 Å². The van der Waals surface area contributed by atoms with Crippen LogP contribution in [0.4, 0.5) is 5.82 Å². The lowest BCUT2D eigenvalue weighted by Crippen LogP contribution is -2.35. The van der Waals surface area contributed by atoms with E-state index in [1.807, 2.05) is 40.9 Å². The lowest BCUT2D eigenvalue weighted by molar-refractivity contribution is 0.182. The van der Waals surface area contributed by atoms with Crippen molar-refractivity contribution in [2.75, 3.05) is 32.1 Å². The largest absolute Gasteiger partial charge is 0.497 e. The van der Waals surface area contributed by atoms with Gasteiger partial charge in [-0.2, -0.15) is 9.61 Å². The van der Waals surface area contributed by atoms with E-state index < -0.39 is 0 Å². The number of aromatic nitrogens is 3. The molecular formula is C26H27BrClN5O. The Morgan fingerprint density at radius 3 is 2.74 bits per heavy atom. The molecule has 0 unspecified atom stereocenters. The molecule has 4 aromatic rings. The Morgan fingerprint density at radius 1 is 1.12 bits per heavy atom. The summed E-state index contributed by atoms with van der Waals surface area (Å²) in [6.07, 6.45) is 4.09. The summed E-state index contributed by atoms with van der Waals surface area (Å²) in [5.41, 5.74) is 3.81. The Hall–Kier alpha value is -2.61. The van der Waals surface area contributed by atoms with Gasteiger partial charge in [0.25, 0.3) is 0 Å². The minimum Gasteiger partial charge on any atom is -0.497 e. The molecule has 34 heavy (non-hydrogen) atoms. The van der Waals surface area contributed by atoms with Crippen molar-refractivity contribution in [3.8, 4) is 17.0 Å². The number of ether oxygens (including phenoxy) is 1. The van der Waals surface area contributed by atoms with Gasteiger partial charge in [0, 0.05) is 29.7 Å². The molecule has 1 aliphatic rings. The number of halogens is 2. The first kappa shape index (κ1) is 23.1. The topological polar surface area (TPSA) is 54.7 Å². The number of benzene rings is 2. The number of anilines is 1. The summed E-state index contributed by atoms with van der Waals surface area (Å²) in [5.74, 6) is 2.44. The van der Waals surface area contributed by atoms with Gasteiger partial charge in [-0.15, -0.1) is 0 Å². The van der Waals surface area contributed by atoms with Gasteiger partial charge in [-0.3, -0.25) is 4.90 Å². The molecule has 1 aliphatic heterocycles. The number of methoxy groups -OCH3 is 1. The smallest absolute Gasteiger partial charge is 0.172 e. The molecule has 0 saturated carbocycles. The molecule has 2 aromatic heterocycles. The van der Waals surface area contributed by atoms with Gasteiger partial charge in [0.1, 0.15) is 11.6 Å². The summed E-state index contributed by atoms with van der Waals surface area (Å²) in [6.45, 7) is 4.04. The highest BCUT2D eigenvalue weighted by Gasteiger charge is 2.20. The zero-order chi connectivity index (χ0) is 23.5.